The number of ether oxygens (including phenoxy) is 1. The summed E-state index contributed by atoms with van der Waals surface area (Å²) in [7, 11) is 1.54. The van der Waals surface area contributed by atoms with Gasteiger partial charge >= 0.3 is 0 Å². The number of rotatable bonds is 7. The number of hydrogen-bond acceptors (Lipinski definition) is 3. The first-order valence-corrected chi connectivity index (χ1v) is 6.90. The maximum Gasteiger partial charge on any atom is 0.230 e. The van der Waals surface area contributed by atoms with Gasteiger partial charge in [0.25, 0.3) is 0 Å². The van der Waals surface area contributed by atoms with Gasteiger partial charge in [0.1, 0.15) is 0 Å². The molecule has 20 heavy (non-hydrogen) atoms. The lowest BCUT2D eigenvalue weighted by molar-refractivity contribution is -0.125. The number of nitrogens with one attached hydrogen (secondary N) is 1. The molecule has 1 atom stereocenters. The van der Waals surface area contributed by atoms with Crippen molar-refractivity contribution in [3.05, 3.63) is 35.4 Å². The lowest BCUT2D eigenvalue weighted by atomic mass is 9.83. The van der Waals surface area contributed by atoms with Gasteiger partial charge in [-0.25, -0.2) is 0 Å². The average Bonchev–Trinajstić information content (AvgIpc) is 2.39. The number of aliphatic hydroxyl groups is 1. The van der Waals surface area contributed by atoms with E-state index < -0.39 is 11.5 Å². The molecule has 1 aromatic carbocycles. The van der Waals surface area contributed by atoms with Crippen LogP contribution in [0.3, 0.4) is 0 Å². The summed E-state index contributed by atoms with van der Waals surface area (Å²) in [5, 5.41) is 12.4. The number of carbonyl (C=O) groups is 1. The Bertz CT molecular complexity index is 426. The van der Waals surface area contributed by atoms with E-state index in [4.69, 9.17) is 4.74 Å². The molecule has 1 amide bonds. The third-order valence-corrected chi connectivity index (χ3v) is 3.46. The van der Waals surface area contributed by atoms with E-state index in [0.29, 0.717) is 13.0 Å². The van der Waals surface area contributed by atoms with Gasteiger partial charge in [0.15, 0.2) is 0 Å². The lowest BCUT2D eigenvalue weighted by Gasteiger charge is -2.24. The first-order chi connectivity index (χ1) is 9.37. The molecule has 0 saturated carbocycles. The topological polar surface area (TPSA) is 58.6 Å². The SMILES string of the molecule is COCC(O)CCNC(=O)C(C)(C)c1ccc(C)cc1. The second-order valence-corrected chi connectivity index (χ2v) is 5.64. The van der Waals surface area contributed by atoms with E-state index in [1.807, 2.05) is 45.0 Å². The molecular formula is C16H25NO3. The Hall–Kier alpha value is -1.39. The van der Waals surface area contributed by atoms with Crippen molar-refractivity contribution >= 4 is 5.91 Å². The average molecular weight is 279 g/mol. The highest BCUT2D eigenvalue weighted by Gasteiger charge is 2.29. The number of benzene rings is 1. The van der Waals surface area contributed by atoms with Crippen molar-refractivity contribution in [1.82, 2.24) is 5.32 Å². The second kappa shape index (κ2) is 7.41. The molecule has 0 fully saturated rings. The van der Waals surface area contributed by atoms with Gasteiger partial charge in [0, 0.05) is 13.7 Å². The van der Waals surface area contributed by atoms with Crippen molar-refractivity contribution in [1.29, 1.82) is 0 Å². The van der Waals surface area contributed by atoms with Crippen LogP contribution >= 0.6 is 0 Å². The fraction of sp³-hybridized carbons (Fsp3) is 0.562. The van der Waals surface area contributed by atoms with Gasteiger partial charge < -0.3 is 15.2 Å². The van der Waals surface area contributed by atoms with E-state index in [9.17, 15) is 9.90 Å². The molecule has 0 aliphatic rings. The zero-order valence-corrected chi connectivity index (χ0v) is 12.8. The van der Waals surface area contributed by atoms with E-state index in [1.165, 1.54) is 5.56 Å². The Kier molecular flexibility index (Phi) is 6.17. The van der Waals surface area contributed by atoms with Gasteiger partial charge in [-0.2, -0.15) is 0 Å². The van der Waals surface area contributed by atoms with Gasteiger partial charge in [-0.15, -0.1) is 0 Å². The highest BCUT2D eigenvalue weighted by molar-refractivity contribution is 5.87. The van der Waals surface area contributed by atoms with Crippen LogP contribution in [0.4, 0.5) is 0 Å². The van der Waals surface area contributed by atoms with Crippen molar-refractivity contribution in [3.63, 3.8) is 0 Å². The summed E-state index contributed by atoms with van der Waals surface area (Å²) < 4.78 is 4.85. The summed E-state index contributed by atoms with van der Waals surface area (Å²) in [4.78, 5) is 12.3. The lowest BCUT2D eigenvalue weighted by Crippen LogP contribution is -2.41. The Labute approximate surface area is 121 Å². The number of amides is 1. The van der Waals surface area contributed by atoms with Crippen LogP contribution in [0, 0.1) is 6.92 Å². The van der Waals surface area contributed by atoms with Crippen LogP contribution < -0.4 is 5.32 Å². The molecule has 2 N–H and O–H groups in total. The molecule has 0 heterocycles. The molecule has 112 valence electrons. The zero-order chi connectivity index (χ0) is 15.2. The Morgan fingerprint density at radius 1 is 1.35 bits per heavy atom. The minimum Gasteiger partial charge on any atom is -0.391 e. The quantitative estimate of drug-likeness (QED) is 0.800. The predicted molar refractivity (Wildman–Crippen MR) is 79.7 cm³/mol. The van der Waals surface area contributed by atoms with Crippen LogP contribution in [0.5, 0.6) is 0 Å². The van der Waals surface area contributed by atoms with Crippen molar-refractivity contribution in [2.45, 2.75) is 38.7 Å². The monoisotopic (exact) mass is 279 g/mol. The number of methoxy groups -OCH3 is 1. The molecule has 0 bridgehead atoms. The standard InChI is InChI=1S/C16H25NO3/c1-12-5-7-13(8-6-12)16(2,3)15(19)17-10-9-14(18)11-20-4/h5-8,14,18H,9-11H2,1-4H3,(H,17,19). The largest absolute Gasteiger partial charge is 0.391 e. The molecule has 0 aromatic heterocycles. The highest BCUT2D eigenvalue weighted by atomic mass is 16.5. The maximum atomic E-state index is 12.3. The van der Waals surface area contributed by atoms with Gasteiger partial charge in [0.2, 0.25) is 5.91 Å². The fourth-order valence-corrected chi connectivity index (χ4v) is 1.95. The molecule has 0 aliphatic carbocycles. The van der Waals surface area contributed by atoms with Gasteiger partial charge in [-0.1, -0.05) is 29.8 Å². The number of carbonyl (C=O) groups excluding carboxylic acids is 1. The maximum absolute atomic E-state index is 12.3. The van der Waals surface area contributed by atoms with Gasteiger partial charge in [-0.3, -0.25) is 4.79 Å². The molecule has 4 heteroatoms. The predicted octanol–water partition coefficient (Wildman–Crippen LogP) is 1.79. The zero-order valence-electron chi connectivity index (χ0n) is 12.8. The minimum atomic E-state index is -0.583. The summed E-state index contributed by atoms with van der Waals surface area (Å²) in [6.45, 7) is 6.56. The Morgan fingerprint density at radius 3 is 2.50 bits per heavy atom. The molecule has 1 rings (SSSR count). The number of aliphatic hydroxyl groups excluding tert-OH is 1. The molecule has 0 radical (unpaired) electrons. The van der Waals surface area contributed by atoms with E-state index in [1.54, 1.807) is 7.11 Å². The molecule has 4 nitrogen and oxygen atoms in total. The summed E-state index contributed by atoms with van der Waals surface area (Å²) >= 11 is 0. The van der Waals surface area contributed by atoms with Crippen LogP contribution in [-0.2, 0) is 14.9 Å². The third-order valence-electron chi connectivity index (χ3n) is 3.46. The van der Waals surface area contributed by atoms with E-state index in [2.05, 4.69) is 5.32 Å². The van der Waals surface area contributed by atoms with E-state index in [-0.39, 0.29) is 12.5 Å². The first kappa shape index (κ1) is 16.7. The Morgan fingerprint density at radius 2 is 1.95 bits per heavy atom. The van der Waals surface area contributed by atoms with Crippen molar-refractivity contribution < 1.29 is 14.6 Å². The van der Waals surface area contributed by atoms with Crippen molar-refractivity contribution in [2.75, 3.05) is 20.3 Å². The highest BCUT2D eigenvalue weighted by Crippen LogP contribution is 2.23. The fourth-order valence-electron chi connectivity index (χ4n) is 1.95. The van der Waals surface area contributed by atoms with Gasteiger partial charge in [-0.05, 0) is 32.8 Å². The summed E-state index contributed by atoms with van der Waals surface area (Å²) in [5.41, 5.74) is 1.57. The van der Waals surface area contributed by atoms with Crippen LogP contribution in [0.15, 0.2) is 24.3 Å². The summed E-state index contributed by atoms with van der Waals surface area (Å²) in [5.74, 6) is -0.0361. The van der Waals surface area contributed by atoms with Crippen LogP contribution in [-0.4, -0.2) is 37.4 Å². The van der Waals surface area contributed by atoms with Crippen molar-refractivity contribution in [2.24, 2.45) is 0 Å². The normalized spacial score (nSPS) is 13.1. The molecule has 0 spiro atoms. The number of hydrogen-bond donors (Lipinski definition) is 2. The molecule has 1 aromatic rings. The molecule has 0 aliphatic heterocycles. The van der Waals surface area contributed by atoms with Crippen LogP contribution in [0.25, 0.3) is 0 Å². The van der Waals surface area contributed by atoms with E-state index >= 15 is 0 Å². The summed E-state index contributed by atoms with van der Waals surface area (Å²) in [6, 6.07) is 7.97. The molecule has 1 unspecified atom stereocenters. The third kappa shape index (κ3) is 4.62. The molecule has 0 saturated heterocycles. The summed E-state index contributed by atoms with van der Waals surface area (Å²) in [6.07, 6.45) is -0.0494. The van der Waals surface area contributed by atoms with E-state index in [0.717, 1.165) is 5.56 Å². The molecular weight excluding hydrogens is 254 g/mol. The smallest absolute Gasteiger partial charge is 0.230 e. The number of aryl methyl sites for hydroxylation is 1. The minimum absolute atomic E-state index is 0.0361. The first-order valence-electron chi connectivity index (χ1n) is 6.90. The van der Waals surface area contributed by atoms with Crippen LogP contribution in [0.2, 0.25) is 0 Å². The van der Waals surface area contributed by atoms with Gasteiger partial charge in [0.05, 0.1) is 18.1 Å². The Balaban J connectivity index is 2.55. The second-order valence-electron chi connectivity index (χ2n) is 5.64. The van der Waals surface area contributed by atoms with Crippen molar-refractivity contribution in [3.8, 4) is 0 Å². The van der Waals surface area contributed by atoms with Crippen LogP contribution in [0.1, 0.15) is 31.4 Å².